The minimum absolute atomic E-state index is 0.192. The Balaban J connectivity index is 2.70. The van der Waals surface area contributed by atoms with E-state index in [0.717, 1.165) is 6.26 Å². The number of benzene rings is 1. The van der Waals surface area contributed by atoms with E-state index in [0.29, 0.717) is 30.3 Å². The number of sulfonamides is 1. The second kappa shape index (κ2) is 8.14. The first-order chi connectivity index (χ1) is 10.2. The maximum absolute atomic E-state index is 12.1. The Morgan fingerprint density at radius 3 is 2.59 bits per heavy atom. The quantitative estimate of drug-likeness (QED) is 0.791. The Morgan fingerprint density at radius 2 is 2.05 bits per heavy atom. The lowest BCUT2D eigenvalue weighted by Crippen LogP contribution is -2.38. The summed E-state index contributed by atoms with van der Waals surface area (Å²) in [5.41, 5.74) is 0.571. The van der Waals surface area contributed by atoms with E-state index in [9.17, 15) is 13.2 Å². The molecular formula is C15H24N2O4S. The zero-order valence-electron chi connectivity index (χ0n) is 13.5. The predicted molar refractivity (Wildman–Crippen MR) is 87.5 cm³/mol. The minimum atomic E-state index is -3.41. The molecule has 0 atom stereocenters. The highest BCUT2D eigenvalue weighted by Gasteiger charge is 2.20. The van der Waals surface area contributed by atoms with Gasteiger partial charge in [0, 0.05) is 18.3 Å². The van der Waals surface area contributed by atoms with Crippen molar-refractivity contribution in [3.05, 3.63) is 24.3 Å². The number of hydrogen-bond donors (Lipinski definition) is 1. The minimum Gasteiger partial charge on any atom is -0.497 e. The summed E-state index contributed by atoms with van der Waals surface area (Å²) in [6.45, 7) is 4.17. The van der Waals surface area contributed by atoms with Crippen molar-refractivity contribution in [2.45, 2.75) is 20.3 Å². The van der Waals surface area contributed by atoms with Gasteiger partial charge >= 0.3 is 0 Å². The lowest BCUT2D eigenvalue weighted by atomic mass is 10.1. The summed E-state index contributed by atoms with van der Waals surface area (Å²) in [6.07, 6.45) is 1.83. The molecule has 0 radical (unpaired) electrons. The van der Waals surface area contributed by atoms with Gasteiger partial charge in [0.2, 0.25) is 15.9 Å². The van der Waals surface area contributed by atoms with Crippen molar-refractivity contribution in [2.24, 2.45) is 5.92 Å². The van der Waals surface area contributed by atoms with Crippen LogP contribution in [0.4, 0.5) is 5.69 Å². The van der Waals surface area contributed by atoms with Crippen LogP contribution in [-0.2, 0) is 14.8 Å². The number of carbonyl (C=O) groups excluding carboxylic acids is 1. The summed E-state index contributed by atoms with van der Waals surface area (Å²) in [4.78, 5) is 12.1. The van der Waals surface area contributed by atoms with E-state index in [1.165, 1.54) is 11.4 Å². The summed E-state index contributed by atoms with van der Waals surface area (Å²) in [6, 6.07) is 6.92. The van der Waals surface area contributed by atoms with Crippen LogP contribution in [0.5, 0.6) is 5.75 Å². The van der Waals surface area contributed by atoms with Gasteiger partial charge in [-0.15, -0.1) is 0 Å². The van der Waals surface area contributed by atoms with E-state index >= 15 is 0 Å². The molecule has 0 bridgehead atoms. The predicted octanol–water partition coefficient (Wildman–Crippen LogP) is 1.94. The molecule has 6 nitrogen and oxygen atoms in total. The first-order valence-corrected chi connectivity index (χ1v) is 8.96. The van der Waals surface area contributed by atoms with Crippen molar-refractivity contribution in [3.8, 4) is 5.75 Å². The van der Waals surface area contributed by atoms with Crippen LogP contribution in [0.25, 0.3) is 0 Å². The number of anilines is 1. The van der Waals surface area contributed by atoms with Crippen LogP contribution in [0.15, 0.2) is 24.3 Å². The average Bonchev–Trinajstić information content (AvgIpc) is 2.42. The molecule has 1 aromatic carbocycles. The van der Waals surface area contributed by atoms with Crippen molar-refractivity contribution in [1.29, 1.82) is 0 Å². The monoisotopic (exact) mass is 328 g/mol. The van der Waals surface area contributed by atoms with Crippen LogP contribution in [0.1, 0.15) is 20.3 Å². The summed E-state index contributed by atoms with van der Waals surface area (Å²) in [7, 11) is -1.87. The van der Waals surface area contributed by atoms with Crippen molar-refractivity contribution in [3.63, 3.8) is 0 Å². The highest BCUT2D eigenvalue weighted by atomic mass is 32.2. The van der Waals surface area contributed by atoms with E-state index in [1.807, 2.05) is 13.8 Å². The molecule has 0 aromatic heterocycles. The van der Waals surface area contributed by atoms with E-state index in [4.69, 9.17) is 4.74 Å². The molecule has 124 valence electrons. The van der Waals surface area contributed by atoms with Crippen molar-refractivity contribution < 1.29 is 17.9 Å². The molecule has 0 heterocycles. The van der Waals surface area contributed by atoms with E-state index in [-0.39, 0.29) is 12.5 Å². The molecule has 0 saturated carbocycles. The van der Waals surface area contributed by atoms with Gasteiger partial charge in [-0.3, -0.25) is 4.79 Å². The summed E-state index contributed by atoms with van der Waals surface area (Å²) < 4.78 is 29.8. The van der Waals surface area contributed by atoms with Gasteiger partial charge in [-0.1, -0.05) is 19.9 Å². The van der Waals surface area contributed by atoms with E-state index in [2.05, 4.69) is 5.32 Å². The Bertz CT molecular complexity index is 599. The third kappa shape index (κ3) is 6.44. The lowest BCUT2D eigenvalue weighted by Gasteiger charge is -2.20. The first kappa shape index (κ1) is 18.4. The Kier molecular flexibility index (Phi) is 6.83. The topological polar surface area (TPSA) is 75.7 Å². The number of nitrogens with zero attached hydrogens (tertiary/aromatic N) is 1. The highest BCUT2D eigenvalue weighted by Crippen LogP contribution is 2.16. The molecule has 1 N–H and O–H groups in total. The van der Waals surface area contributed by atoms with Gasteiger partial charge in [0.15, 0.2) is 0 Å². The van der Waals surface area contributed by atoms with E-state index < -0.39 is 10.0 Å². The fourth-order valence-corrected chi connectivity index (χ4v) is 2.61. The molecule has 1 amide bonds. The lowest BCUT2D eigenvalue weighted by molar-refractivity contribution is -0.116. The largest absolute Gasteiger partial charge is 0.497 e. The molecule has 0 aliphatic heterocycles. The van der Waals surface area contributed by atoms with Gasteiger partial charge in [-0.05, 0) is 24.5 Å². The third-order valence-corrected chi connectivity index (χ3v) is 4.35. The first-order valence-electron chi connectivity index (χ1n) is 7.11. The zero-order chi connectivity index (χ0) is 16.8. The molecule has 0 aliphatic rings. The Morgan fingerprint density at radius 1 is 1.36 bits per heavy atom. The zero-order valence-corrected chi connectivity index (χ0v) is 14.3. The SMILES string of the molecule is COc1cccc(NC(=O)CN(CCC(C)C)S(C)(=O)=O)c1. The standard InChI is InChI=1S/C15H24N2O4S/c1-12(2)8-9-17(22(4,19)20)11-15(18)16-13-6-5-7-14(10-13)21-3/h5-7,10,12H,8-9,11H2,1-4H3,(H,16,18). The number of nitrogens with one attached hydrogen (secondary N) is 1. The second-order valence-corrected chi connectivity index (χ2v) is 7.54. The Labute approximate surface area is 132 Å². The fourth-order valence-electron chi connectivity index (χ4n) is 1.83. The van der Waals surface area contributed by atoms with Gasteiger partial charge in [-0.2, -0.15) is 4.31 Å². The molecule has 0 unspecified atom stereocenters. The van der Waals surface area contributed by atoms with Crippen LogP contribution >= 0.6 is 0 Å². The molecule has 0 spiro atoms. The van der Waals surface area contributed by atoms with Gasteiger partial charge in [0.1, 0.15) is 5.75 Å². The number of rotatable bonds is 8. The highest BCUT2D eigenvalue weighted by molar-refractivity contribution is 7.88. The van der Waals surface area contributed by atoms with Crippen molar-refractivity contribution >= 4 is 21.6 Å². The number of hydrogen-bond acceptors (Lipinski definition) is 4. The summed E-state index contributed by atoms with van der Waals surface area (Å²) >= 11 is 0. The molecule has 0 saturated heterocycles. The third-order valence-electron chi connectivity index (χ3n) is 3.10. The molecule has 0 aliphatic carbocycles. The number of amides is 1. The number of carbonyl (C=O) groups is 1. The normalized spacial score (nSPS) is 11.7. The summed E-state index contributed by atoms with van der Waals surface area (Å²) in [5.74, 6) is 0.616. The van der Waals surface area contributed by atoms with Crippen molar-refractivity contribution in [2.75, 3.05) is 31.8 Å². The van der Waals surface area contributed by atoms with Crippen LogP contribution in [-0.4, -0.2) is 45.1 Å². The van der Waals surface area contributed by atoms with E-state index in [1.54, 1.807) is 24.3 Å². The van der Waals surface area contributed by atoms with Gasteiger partial charge in [-0.25, -0.2) is 8.42 Å². The van der Waals surface area contributed by atoms with Crippen LogP contribution in [0.2, 0.25) is 0 Å². The Hall–Kier alpha value is -1.60. The van der Waals surface area contributed by atoms with Gasteiger partial charge < -0.3 is 10.1 Å². The molecule has 1 aromatic rings. The van der Waals surface area contributed by atoms with Gasteiger partial charge in [0.05, 0.1) is 19.9 Å². The summed E-state index contributed by atoms with van der Waals surface area (Å²) in [5, 5.41) is 2.68. The second-order valence-electron chi connectivity index (χ2n) is 5.56. The fraction of sp³-hybridized carbons (Fsp3) is 0.533. The maximum atomic E-state index is 12.1. The molecular weight excluding hydrogens is 304 g/mol. The molecule has 1 rings (SSSR count). The van der Waals surface area contributed by atoms with Crippen LogP contribution in [0, 0.1) is 5.92 Å². The molecule has 7 heteroatoms. The van der Waals surface area contributed by atoms with Crippen molar-refractivity contribution in [1.82, 2.24) is 4.31 Å². The van der Waals surface area contributed by atoms with Gasteiger partial charge in [0.25, 0.3) is 0 Å². The average molecular weight is 328 g/mol. The molecule has 0 fully saturated rings. The number of ether oxygens (including phenoxy) is 1. The molecule has 22 heavy (non-hydrogen) atoms. The smallest absolute Gasteiger partial charge is 0.239 e. The number of methoxy groups -OCH3 is 1. The van der Waals surface area contributed by atoms with Crippen LogP contribution < -0.4 is 10.1 Å². The maximum Gasteiger partial charge on any atom is 0.239 e. The van der Waals surface area contributed by atoms with Crippen LogP contribution in [0.3, 0.4) is 0 Å².